The fourth-order valence-electron chi connectivity index (χ4n) is 0.892. The molecule has 1 aromatic rings. The maximum Gasteiger partial charge on any atom is 0.416 e. The predicted octanol–water partition coefficient (Wildman–Crippen LogP) is 2.97. The third kappa shape index (κ3) is 2.07. The van der Waals surface area contributed by atoms with Gasteiger partial charge in [-0.15, -0.1) is 4.91 Å². The third-order valence-corrected chi connectivity index (χ3v) is 1.48. The van der Waals surface area contributed by atoms with Crippen molar-refractivity contribution in [3.63, 3.8) is 0 Å². The van der Waals surface area contributed by atoms with Crippen LogP contribution in [0.3, 0.4) is 0 Å². The van der Waals surface area contributed by atoms with Crippen molar-refractivity contribution in [1.82, 2.24) is 0 Å². The molecule has 0 aliphatic heterocycles. The highest BCUT2D eigenvalue weighted by molar-refractivity contribution is 5.48. The first-order valence-corrected chi connectivity index (χ1v) is 3.43. The summed E-state index contributed by atoms with van der Waals surface area (Å²) in [5, 5.41) is 10.7. The monoisotopic (exact) mass is 200 g/mol. The second-order valence-corrected chi connectivity index (χ2v) is 2.47. The van der Waals surface area contributed by atoms with Crippen LogP contribution in [-0.2, 0) is 6.18 Å². The summed E-state index contributed by atoms with van der Waals surface area (Å²) < 4.78 is 36.5. The van der Waals surface area contributed by atoms with E-state index in [9.17, 15) is 18.1 Å². The lowest BCUT2D eigenvalue weighted by Crippen LogP contribution is -2.04. The first-order valence-electron chi connectivity index (χ1n) is 3.43. The van der Waals surface area contributed by atoms with Gasteiger partial charge in [-0.3, -0.25) is 0 Å². The first-order chi connectivity index (χ1) is 6.47. The number of nitrogens with zero attached hydrogens (tertiary/aromatic N) is 2. The van der Waals surface area contributed by atoms with Crippen molar-refractivity contribution in [2.24, 2.45) is 5.18 Å². The van der Waals surface area contributed by atoms with E-state index in [0.717, 1.165) is 6.07 Å². The molecule has 0 radical (unpaired) electrons. The maximum atomic E-state index is 12.2. The summed E-state index contributed by atoms with van der Waals surface area (Å²) in [5.41, 5.74) is -1.70. The SMILES string of the molecule is N#Cc1cc(N=O)cc(C(F)(F)F)c1. The average molecular weight is 200 g/mol. The summed E-state index contributed by atoms with van der Waals surface area (Å²) in [6.07, 6.45) is -4.58. The van der Waals surface area contributed by atoms with E-state index in [1.54, 1.807) is 0 Å². The van der Waals surface area contributed by atoms with Crippen LogP contribution in [0.1, 0.15) is 11.1 Å². The van der Waals surface area contributed by atoms with Crippen LogP contribution >= 0.6 is 0 Å². The summed E-state index contributed by atoms with van der Waals surface area (Å²) >= 11 is 0. The van der Waals surface area contributed by atoms with Crippen LogP contribution in [0.2, 0.25) is 0 Å². The van der Waals surface area contributed by atoms with Gasteiger partial charge in [0.15, 0.2) is 0 Å². The Morgan fingerprint density at radius 1 is 1.29 bits per heavy atom. The number of nitriles is 1. The lowest BCUT2D eigenvalue weighted by molar-refractivity contribution is -0.137. The Kier molecular flexibility index (Phi) is 2.51. The molecule has 3 nitrogen and oxygen atoms in total. The van der Waals surface area contributed by atoms with Gasteiger partial charge in [0.05, 0.1) is 17.2 Å². The zero-order valence-electron chi connectivity index (χ0n) is 6.67. The van der Waals surface area contributed by atoms with Crippen molar-refractivity contribution in [2.45, 2.75) is 6.18 Å². The molecule has 0 aliphatic carbocycles. The van der Waals surface area contributed by atoms with E-state index < -0.39 is 17.4 Å². The molecular weight excluding hydrogens is 197 g/mol. The second-order valence-electron chi connectivity index (χ2n) is 2.47. The number of alkyl halides is 3. The highest BCUT2D eigenvalue weighted by atomic mass is 19.4. The van der Waals surface area contributed by atoms with E-state index in [2.05, 4.69) is 5.18 Å². The maximum absolute atomic E-state index is 12.2. The molecule has 0 aliphatic rings. The van der Waals surface area contributed by atoms with Crippen LogP contribution in [-0.4, -0.2) is 0 Å². The van der Waals surface area contributed by atoms with Crippen LogP contribution in [0.5, 0.6) is 0 Å². The van der Waals surface area contributed by atoms with Crippen molar-refractivity contribution < 1.29 is 13.2 Å². The van der Waals surface area contributed by atoms with Crippen LogP contribution in [0.15, 0.2) is 23.4 Å². The smallest absolute Gasteiger partial charge is 0.192 e. The molecule has 6 heteroatoms. The van der Waals surface area contributed by atoms with E-state index >= 15 is 0 Å². The molecule has 0 saturated heterocycles. The van der Waals surface area contributed by atoms with E-state index in [1.165, 1.54) is 6.07 Å². The molecule has 1 aromatic carbocycles. The lowest BCUT2D eigenvalue weighted by Gasteiger charge is -2.06. The largest absolute Gasteiger partial charge is 0.416 e. The van der Waals surface area contributed by atoms with Gasteiger partial charge >= 0.3 is 6.18 Å². The minimum atomic E-state index is -4.58. The predicted molar refractivity (Wildman–Crippen MR) is 41.6 cm³/mol. The quantitative estimate of drug-likeness (QED) is 0.654. The van der Waals surface area contributed by atoms with E-state index in [1.807, 2.05) is 0 Å². The number of halogens is 3. The summed E-state index contributed by atoms with van der Waals surface area (Å²) in [5.74, 6) is 0. The average Bonchev–Trinajstić information content (AvgIpc) is 2.15. The van der Waals surface area contributed by atoms with E-state index in [-0.39, 0.29) is 5.56 Å². The summed E-state index contributed by atoms with van der Waals surface area (Å²) in [6.45, 7) is 0. The molecule has 0 saturated carbocycles. The Morgan fingerprint density at radius 3 is 2.36 bits per heavy atom. The van der Waals surface area contributed by atoms with Gasteiger partial charge in [0.25, 0.3) is 0 Å². The van der Waals surface area contributed by atoms with Crippen LogP contribution in [0, 0.1) is 16.2 Å². The Labute approximate surface area is 76.7 Å². The Balaban J connectivity index is 3.33. The van der Waals surface area contributed by atoms with Crippen molar-refractivity contribution in [3.05, 3.63) is 34.2 Å². The molecule has 0 atom stereocenters. The van der Waals surface area contributed by atoms with Gasteiger partial charge in [0, 0.05) is 0 Å². The lowest BCUT2D eigenvalue weighted by atomic mass is 10.1. The van der Waals surface area contributed by atoms with Gasteiger partial charge in [-0.1, -0.05) is 0 Å². The van der Waals surface area contributed by atoms with Gasteiger partial charge in [-0.25, -0.2) is 0 Å². The molecule has 72 valence electrons. The number of hydrogen-bond acceptors (Lipinski definition) is 3. The van der Waals surface area contributed by atoms with E-state index in [0.29, 0.717) is 12.1 Å². The fraction of sp³-hybridized carbons (Fsp3) is 0.125. The van der Waals surface area contributed by atoms with Crippen LogP contribution in [0.4, 0.5) is 18.9 Å². The van der Waals surface area contributed by atoms with Crippen molar-refractivity contribution >= 4 is 5.69 Å². The number of benzene rings is 1. The Hall–Kier alpha value is -1.90. The standard InChI is InChI=1S/C8H3F3N2O/c9-8(10,11)6-1-5(4-12)2-7(3-6)13-14/h1-3H. The van der Waals surface area contributed by atoms with Gasteiger partial charge < -0.3 is 0 Å². The Morgan fingerprint density at radius 2 is 1.93 bits per heavy atom. The summed E-state index contributed by atoms with van der Waals surface area (Å²) in [7, 11) is 0. The van der Waals surface area contributed by atoms with Gasteiger partial charge in [0.2, 0.25) is 0 Å². The van der Waals surface area contributed by atoms with Gasteiger partial charge in [-0.05, 0) is 23.4 Å². The normalized spacial score (nSPS) is 10.7. The molecule has 0 amide bonds. The second kappa shape index (κ2) is 3.46. The van der Waals surface area contributed by atoms with Crippen molar-refractivity contribution in [2.75, 3.05) is 0 Å². The highest BCUT2D eigenvalue weighted by Gasteiger charge is 2.31. The molecule has 1 rings (SSSR count). The van der Waals surface area contributed by atoms with Gasteiger partial charge in [-0.2, -0.15) is 18.4 Å². The molecule has 0 unspecified atom stereocenters. The molecule has 0 bridgehead atoms. The topological polar surface area (TPSA) is 53.2 Å². The minimum Gasteiger partial charge on any atom is -0.192 e. The number of nitroso groups, excluding NO2 is 1. The molecule has 14 heavy (non-hydrogen) atoms. The molecule has 0 spiro atoms. The van der Waals surface area contributed by atoms with Crippen LogP contribution in [0.25, 0.3) is 0 Å². The summed E-state index contributed by atoms with van der Waals surface area (Å²) in [6, 6.07) is 3.76. The third-order valence-electron chi connectivity index (χ3n) is 1.48. The highest BCUT2D eigenvalue weighted by Crippen LogP contribution is 2.32. The van der Waals surface area contributed by atoms with Crippen LogP contribution < -0.4 is 0 Å². The zero-order valence-corrected chi connectivity index (χ0v) is 6.67. The molecule has 0 N–H and O–H groups in total. The summed E-state index contributed by atoms with van der Waals surface area (Å²) in [4.78, 5) is 10.0. The zero-order chi connectivity index (χ0) is 10.8. The fourth-order valence-corrected chi connectivity index (χ4v) is 0.892. The van der Waals surface area contributed by atoms with E-state index in [4.69, 9.17) is 5.26 Å². The number of rotatable bonds is 1. The molecule has 0 aromatic heterocycles. The molecule has 0 heterocycles. The Bertz CT molecular complexity index is 406. The first kappa shape index (κ1) is 10.2. The van der Waals surface area contributed by atoms with Crippen molar-refractivity contribution in [1.29, 1.82) is 5.26 Å². The van der Waals surface area contributed by atoms with Crippen molar-refractivity contribution in [3.8, 4) is 6.07 Å². The molecule has 0 fully saturated rings. The van der Waals surface area contributed by atoms with Gasteiger partial charge in [0.1, 0.15) is 5.69 Å². The number of hydrogen-bond donors (Lipinski definition) is 0. The minimum absolute atomic E-state index is 0.241. The molecular formula is C8H3F3N2O.